The predicted molar refractivity (Wildman–Crippen MR) is 146 cm³/mol. The fourth-order valence-corrected chi connectivity index (χ4v) is 8.45. The van der Waals surface area contributed by atoms with Gasteiger partial charge in [-0.2, -0.15) is 0 Å². The Morgan fingerprint density at radius 3 is 2.83 bits per heavy atom. The summed E-state index contributed by atoms with van der Waals surface area (Å²) in [6.07, 6.45) is 4.95. The Morgan fingerprint density at radius 1 is 1.25 bits per heavy atom. The van der Waals surface area contributed by atoms with Crippen molar-refractivity contribution in [3.05, 3.63) is 0 Å². The number of β-amino-alcohol motifs (C(OH)–C–C–N with tert-alkyl or cyclic N) is 1. The first-order valence-corrected chi connectivity index (χ1v) is 15.8. The third-order valence-electron chi connectivity index (χ3n) is 10.4. The molecule has 1 spiro atoms. The molecular weight excluding hydrogens is 544 g/mol. The minimum absolute atomic E-state index is 0.00262. The molecule has 6 aliphatic rings. The number of rotatable bonds is 10. The molecule has 3 aliphatic heterocycles. The lowest BCUT2D eigenvalue weighted by atomic mass is 9.73. The van der Waals surface area contributed by atoms with E-state index in [1.165, 1.54) is 0 Å². The number of hydrogen-bond donors (Lipinski definition) is 5. The quantitative estimate of drug-likeness (QED) is 0.242. The Morgan fingerprint density at radius 2 is 2.08 bits per heavy atom. The van der Waals surface area contributed by atoms with E-state index < -0.39 is 17.4 Å². The Hall–Kier alpha value is -0.660. The van der Waals surface area contributed by atoms with Gasteiger partial charge in [0.1, 0.15) is 0 Å². The van der Waals surface area contributed by atoms with E-state index >= 15 is 0 Å². The Bertz CT molecular complexity index is 893. The Kier molecular flexibility index (Phi) is 8.93. The molecule has 12 heteroatoms. The number of likely N-dealkylation sites (tertiary alicyclic amines) is 1. The minimum Gasteiger partial charge on any atom is -0.390 e. The first-order valence-electron chi connectivity index (χ1n) is 15.3. The van der Waals surface area contributed by atoms with Crippen LogP contribution >= 0.6 is 11.6 Å². The van der Waals surface area contributed by atoms with E-state index in [9.17, 15) is 18.7 Å². The number of fused-ring (bicyclic) bond motifs is 1. The molecule has 3 saturated carbocycles. The number of amides is 1. The van der Waals surface area contributed by atoms with Crippen molar-refractivity contribution in [1.29, 1.82) is 0 Å². The van der Waals surface area contributed by atoms with Crippen LogP contribution in [-0.4, -0.2) is 110 Å². The predicted octanol–water partition coefficient (Wildman–Crippen LogP) is 1.24. The van der Waals surface area contributed by atoms with Gasteiger partial charge in [0.2, 0.25) is 5.91 Å². The SMILES string of the molecule is O=C(NC[C@H](O)CN1CCC2C(CCC(OCC3CNCO3)C2Cl)C1)C1CCNC(NC2CC3(C2)CC3(F)F)C1. The van der Waals surface area contributed by atoms with Crippen molar-refractivity contribution in [2.45, 2.75) is 93.2 Å². The summed E-state index contributed by atoms with van der Waals surface area (Å²) in [7, 11) is 0. The topological polar surface area (TPSA) is 107 Å². The van der Waals surface area contributed by atoms with Crippen molar-refractivity contribution in [2.24, 2.45) is 23.2 Å². The molecule has 3 saturated heterocycles. The van der Waals surface area contributed by atoms with Gasteiger partial charge in [-0.05, 0) is 69.9 Å². The lowest BCUT2D eigenvalue weighted by Gasteiger charge is -2.46. The average Bonchev–Trinajstić information content (AvgIpc) is 3.23. The van der Waals surface area contributed by atoms with Gasteiger partial charge in [0, 0.05) is 50.0 Å². The number of ether oxygens (including phenoxy) is 2. The smallest absolute Gasteiger partial charge is 0.254 e. The van der Waals surface area contributed by atoms with Gasteiger partial charge >= 0.3 is 0 Å². The normalized spacial score (nSPS) is 43.6. The third-order valence-corrected chi connectivity index (χ3v) is 11.0. The van der Waals surface area contributed by atoms with E-state index in [0.717, 1.165) is 45.3 Å². The van der Waals surface area contributed by atoms with Gasteiger partial charge in [-0.1, -0.05) is 0 Å². The number of aliphatic hydroxyl groups is 1. The largest absolute Gasteiger partial charge is 0.390 e. The number of nitrogens with one attached hydrogen (secondary N) is 4. The van der Waals surface area contributed by atoms with E-state index in [2.05, 4.69) is 26.2 Å². The number of halogens is 3. The molecule has 6 rings (SSSR count). The number of piperidine rings is 2. The van der Waals surface area contributed by atoms with Crippen molar-refractivity contribution >= 4 is 17.5 Å². The summed E-state index contributed by atoms with van der Waals surface area (Å²) >= 11 is 6.89. The summed E-state index contributed by atoms with van der Waals surface area (Å²) in [4.78, 5) is 15.2. The standard InChI is InChI=1S/C28H46ClF2N5O4/c29-25-22-4-6-36(12-18(22)1-2-23(25)39-14-21-11-32-16-40-21)13-20(37)10-34-26(38)17-3-5-33-24(7-17)35-19-8-27(9-19)15-28(27,30)31/h17-25,32-33,35,37H,1-16H2,(H,34,38)/t17?,18?,19?,20-,21?,22?,23?,24?,25?,27?/m0/s1. The highest BCUT2D eigenvalue weighted by molar-refractivity contribution is 6.21. The van der Waals surface area contributed by atoms with Crippen molar-refractivity contribution in [3.63, 3.8) is 0 Å². The number of carbonyl (C=O) groups excluding carboxylic acids is 1. The molecule has 40 heavy (non-hydrogen) atoms. The first-order chi connectivity index (χ1) is 19.2. The van der Waals surface area contributed by atoms with E-state index in [1.807, 2.05) is 0 Å². The first kappa shape index (κ1) is 29.4. The van der Waals surface area contributed by atoms with Crippen LogP contribution in [-0.2, 0) is 14.3 Å². The second-order valence-electron chi connectivity index (χ2n) is 13.3. The summed E-state index contributed by atoms with van der Waals surface area (Å²) < 4.78 is 38.7. The van der Waals surface area contributed by atoms with Crippen LogP contribution in [0, 0.1) is 23.2 Å². The highest BCUT2D eigenvalue weighted by Crippen LogP contribution is 2.71. The number of aliphatic hydroxyl groups excluding tert-OH is 1. The molecule has 7 unspecified atom stereocenters. The van der Waals surface area contributed by atoms with Crippen LogP contribution in [0.3, 0.4) is 0 Å². The molecular formula is C28H46ClF2N5O4. The van der Waals surface area contributed by atoms with Crippen molar-refractivity contribution in [1.82, 2.24) is 26.2 Å². The molecule has 228 valence electrons. The van der Waals surface area contributed by atoms with Crippen molar-refractivity contribution in [2.75, 3.05) is 52.6 Å². The van der Waals surface area contributed by atoms with E-state index in [1.54, 1.807) is 0 Å². The molecule has 5 N–H and O–H groups in total. The zero-order valence-electron chi connectivity index (χ0n) is 23.3. The molecule has 0 aromatic heterocycles. The second-order valence-corrected chi connectivity index (χ2v) is 13.8. The lowest BCUT2D eigenvalue weighted by molar-refractivity contribution is -0.126. The van der Waals surface area contributed by atoms with Gasteiger partial charge in [-0.15, -0.1) is 11.6 Å². The van der Waals surface area contributed by atoms with Gasteiger partial charge < -0.3 is 30.1 Å². The maximum atomic E-state index is 13.5. The van der Waals surface area contributed by atoms with E-state index in [-0.39, 0.29) is 54.6 Å². The lowest BCUT2D eigenvalue weighted by Crippen LogP contribution is -2.57. The van der Waals surface area contributed by atoms with E-state index in [0.29, 0.717) is 57.5 Å². The van der Waals surface area contributed by atoms with Crippen LogP contribution in [0.5, 0.6) is 0 Å². The van der Waals surface area contributed by atoms with Crippen LogP contribution in [0.4, 0.5) is 8.78 Å². The van der Waals surface area contributed by atoms with Gasteiger partial charge in [-0.3, -0.25) is 15.4 Å². The second kappa shape index (κ2) is 12.1. The average molecular weight is 590 g/mol. The molecule has 0 aromatic carbocycles. The number of nitrogens with zero attached hydrogens (tertiary/aromatic N) is 1. The fraction of sp³-hybridized carbons (Fsp3) is 0.964. The minimum atomic E-state index is -2.48. The zero-order chi connectivity index (χ0) is 27.9. The zero-order valence-corrected chi connectivity index (χ0v) is 24.0. The monoisotopic (exact) mass is 589 g/mol. The summed E-state index contributed by atoms with van der Waals surface area (Å²) in [5.41, 5.74) is -0.746. The van der Waals surface area contributed by atoms with Crippen LogP contribution in [0.25, 0.3) is 0 Å². The third kappa shape index (κ3) is 6.46. The van der Waals surface area contributed by atoms with Crippen LogP contribution < -0.4 is 21.3 Å². The Labute approximate surface area is 240 Å². The van der Waals surface area contributed by atoms with E-state index in [4.69, 9.17) is 21.1 Å². The highest BCUT2D eigenvalue weighted by atomic mass is 35.5. The molecule has 0 radical (unpaired) electrons. The molecule has 6 fully saturated rings. The van der Waals surface area contributed by atoms with Crippen LogP contribution in [0.15, 0.2) is 0 Å². The van der Waals surface area contributed by atoms with Gasteiger partial charge in [0.25, 0.3) is 5.92 Å². The number of alkyl halides is 3. The van der Waals surface area contributed by atoms with Gasteiger partial charge in [0.05, 0.1) is 43.2 Å². The summed E-state index contributed by atoms with van der Waals surface area (Å²) in [6.45, 7) is 5.27. The highest BCUT2D eigenvalue weighted by Gasteiger charge is 2.75. The molecule has 8 atom stereocenters. The fourth-order valence-electron chi connectivity index (χ4n) is 7.92. The summed E-state index contributed by atoms with van der Waals surface area (Å²) in [5.74, 6) is -1.74. The van der Waals surface area contributed by atoms with Crippen molar-refractivity contribution < 1.29 is 28.2 Å². The molecule has 1 amide bonds. The van der Waals surface area contributed by atoms with Crippen LogP contribution in [0.1, 0.15) is 51.4 Å². The number of hydrogen-bond acceptors (Lipinski definition) is 8. The molecule has 0 bridgehead atoms. The maximum Gasteiger partial charge on any atom is 0.254 e. The van der Waals surface area contributed by atoms with Crippen LogP contribution in [0.2, 0.25) is 0 Å². The number of carbonyl (C=O) groups is 1. The molecule has 0 aromatic rings. The van der Waals surface area contributed by atoms with Gasteiger partial charge in [-0.25, -0.2) is 8.78 Å². The van der Waals surface area contributed by atoms with Gasteiger partial charge in [0.15, 0.2) is 0 Å². The molecule has 3 aliphatic carbocycles. The molecule has 9 nitrogen and oxygen atoms in total. The Balaban J connectivity index is 0.872. The molecule has 3 heterocycles. The van der Waals surface area contributed by atoms with Crippen molar-refractivity contribution in [3.8, 4) is 0 Å². The summed E-state index contributed by atoms with van der Waals surface area (Å²) in [5, 5.41) is 23.7. The maximum absolute atomic E-state index is 13.5. The summed E-state index contributed by atoms with van der Waals surface area (Å²) in [6, 6.07) is 0.0966.